The first-order valence-electron chi connectivity index (χ1n) is 8.85. The van der Waals surface area contributed by atoms with Crippen molar-refractivity contribution in [2.75, 3.05) is 0 Å². The summed E-state index contributed by atoms with van der Waals surface area (Å²) in [5.41, 5.74) is 7.39. The lowest BCUT2D eigenvalue weighted by molar-refractivity contribution is -0.139. The van der Waals surface area contributed by atoms with E-state index in [1.807, 2.05) is 26.8 Å². The van der Waals surface area contributed by atoms with E-state index >= 15 is 0 Å². The summed E-state index contributed by atoms with van der Waals surface area (Å²) < 4.78 is 7.20. The van der Waals surface area contributed by atoms with Crippen LogP contribution in [-0.2, 0) is 16.1 Å². The summed E-state index contributed by atoms with van der Waals surface area (Å²) in [5.74, 6) is -1.05. The molecule has 0 aliphatic carbocycles. The van der Waals surface area contributed by atoms with Gasteiger partial charge in [0.05, 0.1) is 19.0 Å². The average Bonchev–Trinajstić information content (AvgIpc) is 3.29. The average molecular weight is 378 g/mol. The van der Waals surface area contributed by atoms with E-state index in [2.05, 4.69) is 44.7 Å². The van der Waals surface area contributed by atoms with Crippen molar-refractivity contribution in [2.24, 2.45) is 5.10 Å². The van der Waals surface area contributed by atoms with Crippen LogP contribution in [0.3, 0.4) is 0 Å². The first-order valence-corrected chi connectivity index (χ1v) is 8.85. The van der Waals surface area contributed by atoms with Crippen molar-refractivity contribution in [3.05, 3.63) is 77.0 Å². The molecule has 144 valence electrons. The van der Waals surface area contributed by atoms with Gasteiger partial charge in [-0.25, -0.2) is 5.43 Å². The smallest absolute Gasteiger partial charge is 0.329 e. The molecular formula is C21H22N4O3. The molecule has 2 heterocycles. The zero-order chi connectivity index (χ0) is 20.1. The molecule has 28 heavy (non-hydrogen) atoms. The molecule has 1 aromatic carbocycles. The molecule has 2 aromatic heterocycles. The molecule has 0 saturated carbocycles. The highest BCUT2D eigenvalue weighted by Crippen LogP contribution is 2.20. The van der Waals surface area contributed by atoms with Crippen molar-refractivity contribution in [3.63, 3.8) is 0 Å². The van der Waals surface area contributed by atoms with E-state index in [1.54, 1.807) is 12.1 Å². The second-order valence-electron chi connectivity index (χ2n) is 6.46. The SMILES string of the molecule is Cc1ccc(-n2c(C)cc(/C=N/NC(=O)C(=O)NCc3ccco3)c2C)cc1. The van der Waals surface area contributed by atoms with Crippen LogP contribution in [0, 0.1) is 20.8 Å². The first-order chi connectivity index (χ1) is 13.5. The van der Waals surface area contributed by atoms with Crippen LogP contribution in [0.1, 0.15) is 28.3 Å². The highest BCUT2D eigenvalue weighted by Gasteiger charge is 2.13. The van der Waals surface area contributed by atoms with Gasteiger partial charge in [-0.3, -0.25) is 9.59 Å². The van der Waals surface area contributed by atoms with E-state index in [0.717, 1.165) is 22.6 Å². The molecule has 3 rings (SSSR count). The Kier molecular flexibility index (Phi) is 5.74. The quantitative estimate of drug-likeness (QED) is 0.406. The number of rotatable bonds is 5. The molecule has 0 aliphatic rings. The largest absolute Gasteiger partial charge is 0.467 e. The number of carbonyl (C=O) groups is 2. The van der Waals surface area contributed by atoms with Crippen molar-refractivity contribution < 1.29 is 14.0 Å². The molecule has 0 saturated heterocycles. The van der Waals surface area contributed by atoms with E-state index in [1.165, 1.54) is 18.0 Å². The monoisotopic (exact) mass is 378 g/mol. The fraction of sp³-hybridized carbons (Fsp3) is 0.190. The molecule has 0 atom stereocenters. The van der Waals surface area contributed by atoms with Crippen molar-refractivity contribution in [1.29, 1.82) is 0 Å². The molecule has 7 nitrogen and oxygen atoms in total. The lowest BCUT2D eigenvalue weighted by Crippen LogP contribution is -2.37. The molecule has 7 heteroatoms. The number of carbonyl (C=O) groups excluding carboxylic acids is 2. The summed E-state index contributed by atoms with van der Waals surface area (Å²) in [6.45, 7) is 6.17. The van der Waals surface area contributed by atoms with Crippen molar-refractivity contribution in [3.8, 4) is 5.69 Å². The van der Waals surface area contributed by atoms with Gasteiger partial charge in [0.15, 0.2) is 0 Å². The minimum atomic E-state index is -0.838. The maximum absolute atomic E-state index is 11.8. The molecule has 0 unspecified atom stereocenters. The minimum Gasteiger partial charge on any atom is -0.467 e. The second-order valence-corrected chi connectivity index (χ2v) is 6.46. The summed E-state index contributed by atoms with van der Waals surface area (Å²) in [4.78, 5) is 23.6. The lowest BCUT2D eigenvalue weighted by atomic mass is 10.2. The minimum absolute atomic E-state index is 0.140. The molecule has 3 aromatic rings. The van der Waals surface area contributed by atoms with E-state index < -0.39 is 11.8 Å². The van der Waals surface area contributed by atoms with Crippen LogP contribution in [0.2, 0.25) is 0 Å². The Balaban J connectivity index is 1.62. The van der Waals surface area contributed by atoms with Crippen LogP contribution in [0.15, 0.2) is 58.2 Å². The molecule has 0 radical (unpaired) electrons. The van der Waals surface area contributed by atoms with E-state index in [-0.39, 0.29) is 6.54 Å². The highest BCUT2D eigenvalue weighted by molar-refractivity contribution is 6.35. The van der Waals surface area contributed by atoms with Gasteiger partial charge in [-0.15, -0.1) is 0 Å². The van der Waals surface area contributed by atoms with Crippen LogP contribution in [0.25, 0.3) is 5.69 Å². The zero-order valence-corrected chi connectivity index (χ0v) is 16.0. The molecule has 0 spiro atoms. The van der Waals surface area contributed by atoms with Crippen LogP contribution >= 0.6 is 0 Å². The number of aryl methyl sites for hydroxylation is 2. The highest BCUT2D eigenvalue weighted by atomic mass is 16.3. The van der Waals surface area contributed by atoms with Gasteiger partial charge in [0.2, 0.25) is 0 Å². The predicted molar refractivity (Wildman–Crippen MR) is 106 cm³/mol. The Labute approximate surface area is 163 Å². The topological polar surface area (TPSA) is 88.6 Å². The number of nitrogens with one attached hydrogen (secondary N) is 2. The lowest BCUT2D eigenvalue weighted by Gasteiger charge is -2.09. The Hall–Kier alpha value is -3.61. The van der Waals surface area contributed by atoms with Gasteiger partial charge in [-0.05, 0) is 51.1 Å². The number of nitrogens with zero attached hydrogens (tertiary/aromatic N) is 2. The number of hydrogen-bond acceptors (Lipinski definition) is 4. The summed E-state index contributed by atoms with van der Waals surface area (Å²) in [6.07, 6.45) is 3.03. The first kappa shape index (κ1) is 19.2. The van der Waals surface area contributed by atoms with Gasteiger partial charge >= 0.3 is 11.8 Å². The molecule has 2 N–H and O–H groups in total. The fourth-order valence-corrected chi connectivity index (χ4v) is 2.88. The maximum Gasteiger partial charge on any atom is 0.329 e. The Bertz CT molecular complexity index is 999. The summed E-state index contributed by atoms with van der Waals surface area (Å²) in [5, 5.41) is 6.37. The Morgan fingerprint density at radius 1 is 1.11 bits per heavy atom. The zero-order valence-electron chi connectivity index (χ0n) is 16.0. The predicted octanol–water partition coefficient (Wildman–Crippen LogP) is 2.76. The number of amides is 2. The number of benzene rings is 1. The van der Waals surface area contributed by atoms with Crippen molar-refractivity contribution in [1.82, 2.24) is 15.3 Å². The third kappa shape index (κ3) is 4.37. The normalized spacial score (nSPS) is 11.0. The number of hydrogen-bond donors (Lipinski definition) is 2. The van der Waals surface area contributed by atoms with Crippen molar-refractivity contribution >= 4 is 18.0 Å². The standard InChI is InChI=1S/C21H22N4O3/c1-14-6-8-18(9-7-14)25-15(2)11-17(16(25)3)12-23-24-21(27)20(26)22-13-19-5-4-10-28-19/h4-12H,13H2,1-3H3,(H,22,26)(H,24,27)/b23-12+. The summed E-state index contributed by atoms with van der Waals surface area (Å²) in [6, 6.07) is 13.6. The molecular weight excluding hydrogens is 356 g/mol. The third-order valence-corrected chi connectivity index (χ3v) is 4.34. The second kappa shape index (κ2) is 8.39. The van der Waals surface area contributed by atoms with Crippen molar-refractivity contribution in [2.45, 2.75) is 27.3 Å². The summed E-state index contributed by atoms with van der Waals surface area (Å²) in [7, 11) is 0. The van der Waals surface area contributed by atoms with Gasteiger partial charge in [0.1, 0.15) is 5.76 Å². The molecule has 0 bridgehead atoms. The maximum atomic E-state index is 11.8. The number of hydrazone groups is 1. The van der Waals surface area contributed by atoms with E-state index in [9.17, 15) is 9.59 Å². The van der Waals surface area contributed by atoms with Crippen LogP contribution < -0.4 is 10.7 Å². The number of aromatic nitrogens is 1. The van der Waals surface area contributed by atoms with E-state index in [0.29, 0.717) is 5.76 Å². The van der Waals surface area contributed by atoms with E-state index in [4.69, 9.17) is 4.42 Å². The van der Waals surface area contributed by atoms with Crippen LogP contribution in [-0.4, -0.2) is 22.6 Å². The molecule has 2 amide bonds. The third-order valence-electron chi connectivity index (χ3n) is 4.34. The fourth-order valence-electron chi connectivity index (χ4n) is 2.88. The van der Waals surface area contributed by atoms with Gasteiger partial charge in [0.25, 0.3) is 0 Å². The molecule has 0 fully saturated rings. The van der Waals surface area contributed by atoms with Gasteiger partial charge in [-0.2, -0.15) is 5.10 Å². The van der Waals surface area contributed by atoms with Crippen LogP contribution in [0.4, 0.5) is 0 Å². The summed E-state index contributed by atoms with van der Waals surface area (Å²) >= 11 is 0. The number of furan rings is 1. The Morgan fingerprint density at radius 3 is 2.54 bits per heavy atom. The van der Waals surface area contributed by atoms with Gasteiger partial charge in [-0.1, -0.05) is 17.7 Å². The van der Waals surface area contributed by atoms with Gasteiger partial charge in [0, 0.05) is 22.6 Å². The van der Waals surface area contributed by atoms with Gasteiger partial charge < -0.3 is 14.3 Å². The van der Waals surface area contributed by atoms with Crippen LogP contribution in [0.5, 0.6) is 0 Å². The Morgan fingerprint density at radius 2 is 1.86 bits per heavy atom. The molecule has 0 aliphatic heterocycles.